The standard InChI is InChI=1S/C68H76Cl2N4/c1-61(2)17-21-65(9,10)45-29-37-33(25-41(45)61)49-34-26-42-46(66(11,12)22-18-62(42,3)4)30-38(34)51(37)55-53(49)57(71-73-59(55)69)58-54-50-35-27-43-47(67(13,14)23-19-63(43,5)6)31-39(35)52(56(54)60(70)74-72-58)40-32-48-44(28-36(40)50)64(7,8)20-24-68(48,15)16/h25-32,49-52H,17-24H2,1-16H3. The van der Waals surface area contributed by atoms with E-state index in [9.17, 15) is 0 Å². The van der Waals surface area contributed by atoms with Gasteiger partial charge in [0.05, 0.1) is 0 Å². The van der Waals surface area contributed by atoms with Crippen LogP contribution in [0.5, 0.6) is 0 Å². The molecule has 2 aromatic heterocycles. The monoisotopic (exact) mass is 1020 g/mol. The lowest BCUT2D eigenvalue weighted by Crippen LogP contribution is -2.39. The molecule has 10 aliphatic rings. The number of hydrogen-bond acceptors (Lipinski definition) is 4. The summed E-state index contributed by atoms with van der Waals surface area (Å²) in [6.07, 6.45) is 9.24. The lowest BCUT2D eigenvalue weighted by Gasteiger charge is -2.50. The number of aromatic nitrogens is 4. The van der Waals surface area contributed by atoms with Crippen LogP contribution in [0.2, 0.25) is 10.3 Å². The first kappa shape index (κ1) is 48.0. The summed E-state index contributed by atoms with van der Waals surface area (Å²) in [5.74, 6) is -0.470. The number of fused-ring (bicyclic) bond motifs is 4. The second-order valence-electron chi connectivity index (χ2n) is 30.2. The Balaban J connectivity index is 1.07. The van der Waals surface area contributed by atoms with Crippen molar-refractivity contribution in [3.8, 4) is 11.4 Å². The van der Waals surface area contributed by atoms with Gasteiger partial charge < -0.3 is 0 Å². The fourth-order valence-corrected chi connectivity index (χ4v) is 17.4. The summed E-state index contributed by atoms with van der Waals surface area (Å²) in [6.45, 7) is 39.3. The Morgan fingerprint density at radius 3 is 0.608 bits per heavy atom. The van der Waals surface area contributed by atoms with E-state index in [0.717, 1.165) is 85.0 Å². The van der Waals surface area contributed by atoms with Crippen molar-refractivity contribution < 1.29 is 0 Å². The Bertz CT molecular complexity index is 3170. The molecule has 0 spiro atoms. The number of rotatable bonds is 1. The van der Waals surface area contributed by atoms with Crippen LogP contribution < -0.4 is 0 Å². The molecule has 2 heterocycles. The highest BCUT2D eigenvalue weighted by Crippen LogP contribution is 2.66. The topological polar surface area (TPSA) is 51.6 Å². The molecule has 0 aliphatic heterocycles. The van der Waals surface area contributed by atoms with Crippen molar-refractivity contribution in [2.45, 2.75) is 229 Å². The van der Waals surface area contributed by atoms with E-state index in [1.54, 1.807) is 0 Å². The van der Waals surface area contributed by atoms with Gasteiger partial charge in [-0.1, -0.05) is 183 Å². The predicted octanol–water partition coefficient (Wildman–Crippen LogP) is 17.6. The van der Waals surface area contributed by atoms with Gasteiger partial charge in [-0.25, -0.2) is 0 Å². The Hall–Kier alpha value is -4.38. The van der Waals surface area contributed by atoms with Gasteiger partial charge in [0.2, 0.25) is 0 Å². The summed E-state index contributed by atoms with van der Waals surface area (Å²) in [5.41, 5.74) is 29.3. The van der Waals surface area contributed by atoms with E-state index in [4.69, 9.17) is 43.6 Å². The van der Waals surface area contributed by atoms with Crippen molar-refractivity contribution in [2.75, 3.05) is 0 Å². The Labute approximate surface area is 451 Å². The van der Waals surface area contributed by atoms with Crippen molar-refractivity contribution in [1.29, 1.82) is 0 Å². The van der Waals surface area contributed by atoms with Crippen molar-refractivity contribution >= 4 is 23.2 Å². The van der Waals surface area contributed by atoms with E-state index in [-0.39, 0.29) is 67.0 Å². The smallest absolute Gasteiger partial charge is 0.147 e. The maximum Gasteiger partial charge on any atom is 0.156 e. The Morgan fingerprint density at radius 1 is 0.270 bits per heavy atom. The number of hydrogen-bond donors (Lipinski definition) is 0. The molecule has 0 unspecified atom stereocenters. The molecule has 382 valence electrons. The van der Waals surface area contributed by atoms with Crippen LogP contribution in [0.25, 0.3) is 11.4 Å². The minimum Gasteiger partial charge on any atom is -0.147 e. The molecular weight excluding hydrogens is 944 g/mol. The molecular formula is C68H76Cl2N4. The van der Waals surface area contributed by atoms with E-state index in [0.29, 0.717) is 10.3 Å². The van der Waals surface area contributed by atoms with Gasteiger partial charge in [-0.3, -0.25) is 0 Å². The highest BCUT2D eigenvalue weighted by atomic mass is 35.5. The van der Waals surface area contributed by atoms with Crippen LogP contribution in [0.4, 0.5) is 0 Å². The molecule has 0 N–H and O–H groups in total. The molecule has 6 heteroatoms. The molecule has 4 aromatic carbocycles. The highest BCUT2D eigenvalue weighted by Gasteiger charge is 2.54. The summed E-state index contributed by atoms with van der Waals surface area (Å²) >= 11 is 15.4. The molecule has 16 rings (SSSR count). The zero-order valence-corrected chi connectivity index (χ0v) is 48.6. The summed E-state index contributed by atoms with van der Waals surface area (Å²) in [6, 6.07) is 21.0. The largest absolute Gasteiger partial charge is 0.156 e. The van der Waals surface area contributed by atoms with Crippen LogP contribution in [0.15, 0.2) is 48.5 Å². The third kappa shape index (κ3) is 6.11. The molecule has 4 bridgehead atoms. The van der Waals surface area contributed by atoms with Gasteiger partial charge in [0.15, 0.2) is 10.3 Å². The lowest BCUT2D eigenvalue weighted by atomic mass is 9.54. The summed E-state index contributed by atoms with van der Waals surface area (Å²) in [7, 11) is 0. The second-order valence-corrected chi connectivity index (χ2v) is 31.0. The lowest BCUT2D eigenvalue weighted by molar-refractivity contribution is 0.329. The van der Waals surface area contributed by atoms with Crippen molar-refractivity contribution in [2.24, 2.45) is 0 Å². The number of halogens is 2. The van der Waals surface area contributed by atoms with E-state index < -0.39 is 0 Å². The first-order valence-electron chi connectivity index (χ1n) is 28.3. The fraction of sp³-hybridized carbons (Fsp3) is 0.529. The second kappa shape index (κ2) is 14.4. The fourth-order valence-electron chi connectivity index (χ4n) is 16.9. The third-order valence-corrected chi connectivity index (χ3v) is 22.7. The molecule has 0 atom stereocenters. The quantitative estimate of drug-likeness (QED) is 0.164. The van der Waals surface area contributed by atoms with E-state index >= 15 is 0 Å². The van der Waals surface area contributed by atoms with Crippen molar-refractivity contribution in [1.82, 2.24) is 20.4 Å². The van der Waals surface area contributed by atoms with Gasteiger partial charge in [0.1, 0.15) is 11.4 Å². The molecule has 0 radical (unpaired) electrons. The van der Waals surface area contributed by atoms with Crippen LogP contribution in [0.3, 0.4) is 0 Å². The first-order chi connectivity index (χ1) is 34.5. The third-order valence-electron chi connectivity index (χ3n) is 22.1. The highest BCUT2D eigenvalue weighted by molar-refractivity contribution is 6.31. The first-order valence-corrected chi connectivity index (χ1v) is 29.1. The SMILES string of the molecule is CC1(C)CCC(C)(C)c2cc3c(cc21)C1c2cc4c(cc2C3c2c(-c3nnc(Cl)c5c3C3c6cc7c(cc6C5c5cc6c(cc53)C(C)(C)CCC6(C)C)C(C)(C)CCC7(C)C)nnc(Cl)c21)C(C)(C)CCC4(C)C. The molecule has 74 heavy (non-hydrogen) atoms. The van der Waals surface area contributed by atoms with Crippen LogP contribution in [0.1, 0.15) is 297 Å². The van der Waals surface area contributed by atoms with Gasteiger partial charge in [0, 0.05) is 45.9 Å². The maximum atomic E-state index is 7.69. The van der Waals surface area contributed by atoms with Gasteiger partial charge >= 0.3 is 0 Å². The maximum absolute atomic E-state index is 7.69. The zero-order valence-electron chi connectivity index (χ0n) is 47.1. The van der Waals surface area contributed by atoms with E-state index in [1.807, 2.05) is 0 Å². The van der Waals surface area contributed by atoms with Gasteiger partial charge in [-0.2, -0.15) is 0 Å². The minimum atomic E-state index is -0.126. The number of nitrogens with zero attached hydrogens (tertiary/aromatic N) is 4. The molecule has 10 aliphatic carbocycles. The van der Waals surface area contributed by atoms with Crippen LogP contribution in [0, 0.1) is 0 Å². The molecule has 0 fully saturated rings. The normalized spacial score (nSPS) is 26.7. The van der Waals surface area contributed by atoms with Gasteiger partial charge in [0.25, 0.3) is 0 Å². The summed E-state index contributed by atoms with van der Waals surface area (Å²) < 4.78 is 0. The molecule has 0 amide bonds. The molecule has 0 saturated heterocycles. The average molecular weight is 1020 g/mol. The van der Waals surface area contributed by atoms with Crippen LogP contribution in [-0.4, -0.2) is 20.4 Å². The van der Waals surface area contributed by atoms with Crippen LogP contribution in [-0.2, 0) is 43.3 Å². The molecule has 0 saturated carbocycles. The van der Waals surface area contributed by atoms with Gasteiger partial charge in [-0.15, -0.1) is 20.4 Å². The Kier molecular flexibility index (Phi) is 9.34. The van der Waals surface area contributed by atoms with Gasteiger partial charge in [-0.05, 0) is 184 Å². The van der Waals surface area contributed by atoms with Crippen LogP contribution >= 0.6 is 23.2 Å². The zero-order chi connectivity index (χ0) is 52.3. The number of benzene rings is 4. The predicted molar refractivity (Wildman–Crippen MR) is 304 cm³/mol. The van der Waals surface area contributed by atoms with Crippen molar-refractivity contribution in [3.63, 3.8) is 0 Å². The molecule has 4 nitrogen and oxygen atoms in total. The summed E-state index contributed by atoms with van der Waals surface area (Å²) in [4.78, 5) is 0. The molecule has 6 aromatic rings. The van der Waals surface area contributed by atoms with E-state index in [1.165, 1.54) is 89.0 Å². The minimum absolute atomic E-state index is 0.0355. The van der Waals surface area contributed by atoms with E-state index in [2.05, 4.69) is 159 Å². The Morgan fingerprint density at radius 2 is 0.432 bits per heavy atom. The van der Waals surface area contributed by atoms with Crippen molar-refractivity contribution in [3.05, 3.63) is 170 Å². The summed E-state index contributed by atoms with van der Waals surface area (Å²) in [5, 5.41) is 21.7. The average Bonchev–Trinajstić information content (AvgIpc) is 3.36.